The summed E-state index contributed by atoms with van der Waals surface area (Å²) in [6, 6.07) is 49.0. The van der Waals surface area contributed by atoms with Crippen LogP contribution in [0.4, 0.5) is 13.2 Å². The van der Waals surface area contributed by atoms with Crippen molar-refractivity contribution >= 4 is 11.9 Å². The first-order valence-corrected chi connectivity index (χ1v) is 20.5. The smallest absolute Gasteiger partial charge is 0.417 e. The van der Waals surface area contributed by atoms with Crippen LogP contribution in [0, 0.1) is 11.8 Å². The van der Waals surface area contributed by atoms with E-state index in [-0.39, 0.29) is 5.56 Å². The van der Waals surface area contributed by atoms with Crippen molar-refractivity contribution in [2.45, 2.75) is 70.4 Å². The van der Waals surface area contributed by atoms with E-state index in [0.717, 1.165) is 59.8 Å². The Bertz CT molecular complexity index is 2220. The maximum Gasteiger partial charge on any atom is 0.417 e. The van der Waals surface area contributed by atoms with E-state index >= 15 is 0 Å². The molecule has 6 rings (SSSR count). The van der Waals surface area contributed by atoms with Gasteiger partial charge in [0.1, 0.15) is 5.75 Å². The Morgan fingerprint density at radius 3 is 1.47 bits per heavy atom. The molecule has 0 amide bonds. The number of ether oxygens (including phenoxy) is 2. The molecular formula is C52H51F3O4. The number of halogens is 3. The van der Waals surface area contributed by atoms with Crippen molar-refractivity contribution < 1.29 is 32.2 Å². The fourth-order valence-electron chi connectivity index (χ4n) is 7.60. The van der Waals surface area contributed by atoms with Gasteiger partial charge in [0.25, 0.3) is 0 Å². The number of methoxy groups -OCH3 is 1. The summed E-state index contributed by atoms with van der Waals surface area (Å²) in [6.45, 7) is 0. The fraction of sp³-hybridized carbons (Fsp3) is 0.269. The van der Waals surface area contributed by atoms with Gasteiger partial charge in [-0.1, -0.05) is 140 Å². The van der Waals surface area contributed by atoms with Crippen molar-refractivity contribution in [1.29, 1.82) is 0 Å². The van der Waals surface area contributed by atoms with Gasteiger partial charge in [0.15, 0.2) is 0 Å². The predicted octanol–water partition coefficient (Wildman–Crippen LogP) is 13.0. The minimum Gasteiger partial charge on any atom is -0.497 e. The minimum atomic E-state index is -4.47. The lowest BCUT2D eigenvalue weighted by molar-refractivity contribution is -0.166. The molecule has 304 valence electrons. The molecule has 0 saturated carbocycles. The van der Waals surface area contributed by atoms with Crippen LogP contribution in [0.5, 0.6) is 5.75 Å². The average Bonchev–Trinajstić information content (AvgIpc) is 3.26. The quantitative estimate of drug-likeness (QED) is 0.0605. The highest BCUT2D eigenvalue weighted by atomic mass is 19.4. The highest BCUT2D eigenvalue weighted by molar-refractivity contribution is 5.88. The van der Waals surface area contributed by atoms with Crippen molar-refractivity contribution in [1.82, 2.24) is 0 Å². The maximum atomic E-state index is 13.9. The number of carbonyl (C=O) groups is 2. The third-order valence-electron chi connectivity index (χ3n) is 11.0. The SMILES string of the molecule is COc1cccc(-c2ccc(CCC(CCCc3ccccc3)C(=O)OC(=O)C(CCCc3ccccc3)CCc3ccc(-c4ccccc4C(F)(F)F)cc3)cc2)c1. The average molecular weight is 797 g/mol. The van der Waals surface area contributed by atoms with E-state index in [0.29, 0.717) is 44.1 Å². The van der Waals surface area contributed by atoms with Gasteiger partial charge >= 0.3 is 18.1 Å². The highest BCUT2D eigenvalue weighted by Crippen LogP contribution is 2.37. The molecule has 0 bridgehead atoms. The van der Waals surface area contributed by atoms with E-state index in [1.807, 2.05) is 72.8 Å². The number of hydrogen-bond donors (Lipinski definition) is 0. The molecule has 6 aromatic carbocycles. The molecular weight excluding hydrogens is 746 g/mol. The zero-order chi connectivity index (χ0) is 41.5. The molecule has 7 heteroatoms. The fourth-order valence-corrected chi connectivity index (χ4v) is 7.60. The molecule has 0 fully saturated rings. The first kappa shape index (κ1) is 42.7. The Morgan fingerprint density at radius 1 is 0.492 bits per heavy atom. The van der Waals surface area contributed by atoms with Crippen LogP contribution in [0.3, 0.4) is 0 Å². The van der Waals surface area contributed by atoms with Crippen LogP contribution in [0.25, 0.3) is 22.3 Å². The van der Waals surface area contributed by atoms with Crippen LogP contribution in [0.2, 0.25) is 0 Å². The Labute approximate surface area is 346 Å². The molecule has 59 heavy (non-hydrogen) atoms. The molecule has 2 unspecified atom stereocenters. The first-order valence-electron chi connectivity index (χ1n) is 20.5. The lowest BCUT2D eigenvalue weighted by Gasteiger charge is -2.19. The molecule has 0 spiro atoms. The van der Waals surface area contributed by atoms with Gasteiger partial charge in [-0.15, -0.1) is 0 Å². The Morgan fingerprint density at radius 2 is 0.966 bits per heavy atom. The lowest BCUT2D eigenvalue weighted by atomic mass is 9.91. The Kier molecular flexibility index (Phi) is 15.3. The van der Waals surface area contributed by atoms with Crippen molar-refractivity contribution in [2.24, 2.45) is 11.8 Å². The van der Waals surface area contributed by atoms with Gasteiger partial charge in [0, 0.05) is 0 Å². The summed E-state index contributed by atoms with van der Waals surface area (Å²) in [4.78, 5) is 27.8. The van der Waals surface area contributed by atoms with Crippen LogP contribution in [-0.4, -0.2) is 19.0 Å². The Balaban J connectivity index is 1.13. The highest BCUT2D eigenvalue weighted by Gasteiger charge is 2.33. The predicted molar refractivity (Wildman–Crippen MR) is 229 cm³/mol. The zero-order valence-corrected chi connectivity index (χ0v) is 33.5. The summed E-state index contributed by atoms with van der Waals surface area (Å²) in [5.74, 6) is -1.20. The third kappa shape index (κ3) is 12.8. The van der Waals surface area contributed by atoms with Gasteiger partial charge in [-0.25, -0.2) is 0 Å². The second-order valence-corrected chi connectivity index (χ2v) is 15.1. The summed E-state index contributed by atoms with van der Waals surface area (Å²) in [6.07, 6.45) is 1.91. The largest absolute Gasteiger partial charge is 0.497 e. The van der Waals surface area contributed by atoms with E-state index < -0.39 is 35.5 Å². The topological polar surface area (TPSA) is 52.6 Å². The molecule has 0 heterocycles. The number of carbonyl (C=O) groups excluding carboxylic acids is 2. The van der Waals surface area contributed by atoms with Gasteiger partial charge in [0.2, 0.25) is 0 Å². The van der Waals surface area contributed by atoms with Crippen LogP contribution < -0.4 is 4.74 Å². The summed E-state index contributed by atoms with van der Waals surface area (Å²) in [5, 5.41) is 0. The van der Waals surface area contributed by atoms with Gasteiger partial charge < -0.3 is 9.47 Å². The maximum absolute atomic E-state index is 13.9. The van der Waals surface area contributed by atoms with Crippen molar-refractivity contribution in [3.63, 3.8) is 0 Å². The van der Waals surface area contributed by atoms with Crippen LogP contribution in [-0.2, 0) is 46.2 Å². The molecule has 0 aliphatic rings. The molecule has 0 aliphatic heterocycles. The lowest BCUT2D eigenvalue weighted by Crippen LogP contribution is -2.27. The number of benzene rings is 6. The van der Waals surface area contributed by atoms with E-state index in [1.54, 1.807) is 25.3 Å². The van der Waals surface area contributed by atoms with Crippen molar-refractivity contribution in [2.75, 3.05) is 7.11 Å². The second-order valence-electron chi connectivity index (χ2n) is 15.1. The molecule has 0 radical (unpaired) electrons. The van der Waals surface area contributed by atoms with Gasteiger partial charge in [0.05, 0.1) is 24.5 Å². The second kappa shape index (κ2) is 21.2. The van der Waals surface area contributed by atoms with E-state index in [1.165, 1.54) is 23.3 Å². The minimum absolute atomic E-state index is 0.121. The molecule has 0 N–H and O–H groups in total. The summed E-state index contributed by atoms with van der Waals surface area (Å²) in [5.41, 5.74) is 6.38. The number of hydrogen-bond acceptors (Lipinski definition) is 4. The van der Waals surface area contributed by atoms with Crippen LogP contribution in [0.15, 0.2) is 158 Å². The number of aryl methyl sites for hydroxylation is 4. The van der Waals surface area contributed by atoms with Crippen LogP contribution in [0.1, 0.15) is 66.3 Å². The normalized spacial score (nSPS) is 12.4. The first-order chi connectivity index (χ1) is 28.7. The van der Waals surface area contributed by atoms with E-state index in [2.05, 4.69) is 48.5 Å². The van der Waals surface area contributed by atoms with Gasteiger partial charge in [-0.2, -0.15) is 13.2 Å². The molecule has 0 saturated heterocycles. The molecule has 0 aromatic heterocycles. The summed E-state index contributed by atoms with van der Waals surface area (Å²) in [7, 11) is 1.65. The standard InChI is InChI=1S/C52H51F3O4/c1-58-47-22-12-21-46(37-47)42-31-25-40(26-32-42)29-35-44(19-10-17-38-13-4-2-5-14-38)50(56)59-51(57)45(20-11-18-39-15-6-3-7-16-39)36-30-41-27-33-43(34-28-41)48-23-8-9-24-49(48)52(53,54)55/h2-9,12-16,21-28,31-34,37,44-45H,10-11,17-20,29-30,35-36H2,1H3. The van der Waals surface area contributed by atoms with Gasteiger partial charge in [-0.3, -0.25) is 9.59 Å². The zero-order valence-electron chi connectivity index (χ0n) is 33.5. The number of rotatable bonds is 19. The molecule has 4 nitrogen and oxygen atoms in total. The van der Waals surface area contributed by atoms with E-state index in [4.69, 9.17) is 9.47 Å². The molecule has 2 atom stereocenters. The number of alkyl halides is 3. The van der Waals surface area contributed by atoms with E-state index in [9.17, 15) is 22.8 Å². The number of esters is 2. The summed E-state index contributed by atoms with van der Waals surface area (Å²) < 4.78 is 52.3. The van der Waals surface area contributed by atoms with Gasteiger partial charge in [-0.05, 0) is 127 Å². The molecule has 0 aliphatic carbocycles. The monoisotopic (exact) mass is 796 g/mol. The van der Waals surface area contributed by atoms with Crippen molar-refractivity contribution in [3.05, 3.63) is 186 Å². The van der Waals surface area contributed by atoms with Crippen LogP contribution >= 0.6 is 0 Å². The molecule has 6 aromatic rings. The third-order valence-corrected chi connectivity index (χ3v) is 11.0. The Hall–Kier alpha value is -5.95. The summed E-state index contributed by atoms with van der Waals surface area (Å²) >= 11 is 0. The van der Waals surface area contributed by atoms with Crippen molar-refractivity contribution in [3.8, 4) is 28.0 Å².